The third-order valence-corrected chi connectivity index (χ3v) is 4.21. The van der Waals surface area contributed by atoms with E-state index in [1.165, 1.54) is 12.1 Å². The van der Waals surface area contributed by atoms with Crippen molar-refractivity contribution in [3.8, 4) is 16.9 Å². The van der Waals surface area contributed by atoms with E-state index >= 15 is 0 Å². The molecule has 0 radical (unpaired) electrons. The molecule has 0 unspecified atom stereocenters. The van der Waals surface area contributed by atoms with E-state index in [0.717, 1.165) is 28.2 Å². The van der Waals surface area contributed by atoms with Crippen molar-refractivity contribution in [1.29, 1.82) is 0 Å². The van der Waals surface area contributed by atoms with Crippen LogP contribution in [0.4, 0.5) is 17.2 Å². The van der Waals surface area contributed by atoms with Crippen molar-refractivity contribution in [3.05, 3.63) is 82.7 Å². The summed E-state index contributed by atoms with van der Waals surface area (Å²) >= 11 is 0. The molecule has 2 N–H and O–H groups in total. The Balaban J connectivity index is 1.53. The highest BCUT2D eigenvalue weighted by Crippen LogP contribution is 2.26. The molecule has 0 aliphatic heterocycles. The van der Waals surface area contributed by atoms with Crippen LogP contribution in [-0.2, 0) is 0 Å². The predicted molar refractivity (Wildman–Crippen MR) is 102 cm³/mol. The number of nitrogens with one attached hydrogen (secondary N) is 2. The van der Waals surface area contributed by atoms with Gasteiger partial charge in [-0.3, -0.25) is 15.2 Å². The second kappa shape index (κ2) is 6.75. The zero-order chi connectivity index (χ0) is 18.8. The number of nitrogens with zero attached hydrogens (tertiary/aromatic N) is 4. The first-order valence-corrected chi connectivity index (χ1v) is 8.28. The second-order valence-corrected chi connectivity index (χ2v) is 6.05. The van der Waals surface area contributed by atoms with Gasteiger partial charge in [0.1, 0.15) is 0 Å². The summed E-state index contributed by atoms with van der Waals surface area (Å²) in [4.78, 5) is 10.4. The maximum atomic E-state index is 10.8. The molecule has 8 nitrogen and oxygen atoms in total. The Bertz CT molecular complexity index is 1080. The van der Waals surface area contributed by atoms with Gasteiger partial charge in [-0.1, -0.05) is 12.1 Å². The molecule has 0 fully saturated rings. The maximum absolute atomic E-state index is 10.8. The molecular formula is C19H16N6O2. The van der Waals surface area contributed by atoms with Gasteiger partial charge in [0.05, 0.1) is 16.3 Å². The highest BCUT2D eigenvalue weighted by atomic mass is 16.6. The molecule has 0 aliphatic carbocycles. The summed E-state index contributed by atoms with van der Waals surface area (Å²) in [6.45, 7) is 1.82. The largest absolute Gasteiger partial charge is 0.339 e. The van der Waals surface area contributed by atoms with Crippen LogP contribution in [0, 0.1) is 17.0 Å². The molecule has 0 bridgehead atoms. The molecule has 2 aromatic carbocycles. The van der Waals surface area contributed by atoms with Crippen molar-refractivity contribution in [3.63, 3.8) is 0 Å². The molecule has 0 saturated carbocycles. The molecule has 0 saturated heterocycles. The minimum Gasteiger partial charge on any atom is -0.339 e. The number of nitro benzene ring substituents is 1. The van der Waals surface area contributed by atoms with E-state index < -0.39 is 4.92 Å². The third kappa shape index (κ3) is 3.40. The van der Waals surface area contributed by atoms with Crippen LogP contribution >= 0.6 is 0 Å². The molecule has 2 aromatic heterocycles. The smallest absolute Gasteiger partial charge is 0.269 e. The number of aromatic nitrogens is 4. The number of non-ortho nitro benzene ring substituents is 1. The van der Waals surface area contributed by atoms with Crippen molar-refractivity contribution < 1.29 is 4.92 Å². The highest BCUT2D eigenvalue weighted by molar-refractivity contribution is 5.68. The maximum Gasteiger partial charge on any atom is 0.269 e. The van der Waals surface area contributed by atoms with Gasteiger partial charge in [-0.05, 0) is 42.3 Å². The van der Waals surface area contributed by atoms with Crippen LogP contribution in [0.25, 0.3) is 16.9 Å². The Kier molecular flexibility index (Phi) is 4.13. The topological polar surface area (TPSA) is 102 Å². The van der Waals surface area contributed by atoms with Crippen molar-refractivity contribution in [2.75, 3.05) is 5.32 Å². The van der Waals surface area contributed by atoms with Crippen molar-refractivity contribution in [2.45, 2.75) is 6.92 Å². The van der Waals surface area contributed by atoms with Crippen LogP contribution in [0.3, 0.4) is 0 Å². The molecule has 0 amide bonds. The van der Waals surface area contributed by atoms with E-state index in [1.807, 2.05) is 49.5 Å². The van der Waals surface area contributed by atoms with Crippen LogP contribution in [0.15, 0.2) is 67.0 Å². The van der Waals surface area contributed by atoms with Crippen LogP contribution in [0.1, 0.15) is 5.56 Å². The third-order valence-electron chi connectivity index (χ3n) is 4.21. The molecule has 27 heavy (non-hydrogen) atoms. The number of rotatable bonds is 5. The van der Waals surface area contributed by atoms with Gasteiger partial charge in [0.2, 0.25) is 0 Å². The quantitative estimate of drug-likeness (QED) is 0.410. The number of benzene rings is 2. The van der Waals surface area contributed by atoms with E-state index in [0.29, 0.717) is 5.82 Å². The van der Waals surface area contributed by atoms with Gasteiger partial charge < -0.3 is 5.32 Å². The number of anilines is 2. The average Bonchev–Trinajstić information content (AvgIpc) is 3.35. The molecule has 8 heteroatoms. The Morgan fingerprint density at radius 1 is 1.15 bits per heavy atom. The predicted octanol–water partition coefficient (Wildman–Crippen LogP) is 4.22. The first kappa shape index (κ1) is 16.5. The van der Waals surface area contributed by atoms with E-state index in [-0.39, 0.29) is 5.69 Å². The first-order chi connectivity index (χ1) is 13.1. The summed E-state index contributed by atoms with van der Waals surface area (Å²) in [6.07, 6.45) is 3.63. The number of H-pyrrole nitrogens is 1. The van der Waals surface area contributed by atoms with E-state index in [1.54, 1.807) is 16.9 Å². The van der Waals surface area contributed by atoms with Gasteiger partial charge in [0.25, 0.3) is 5.69 Å². The summed E-state index contributed by atoms with van der Waals surface area (Å²) in [5, 5.41) is 25.5. The standard InChI is InChI=1S/C19H16N6O2/c1-13-11-16(25(26)27)7-8-17(13)21-19-12-18(22-23-19)14-3-5-15(6-4-14)24-10-2-9-20-24/h2-12H,1H3,(H2,21,22,23). The van der Waals surface area contributed by atoms with E-state index in [4.69, 9.17) is 0 Å². The van der Waals surface area contributed by atoms with Gasteiger partial charge in [-0.15, -0.1) is 0 Å². The molecule has 0 spiro atoms. The lowest BCUT2D eigenvalue weighted by atomic mass is 10.1. The molecule has 4 rings (SSSR count). The molecule has 2 heterocycles. The number of hydrogen-bond donors (Lipinski definition) is 2. The summed E-state index contributed by atoms with van der Waals surface area (Å²) in [5.74, 6) is 0.637. The Morgan fingerprint density at radius 2 is 1.96 bits per heavy atom. The average molecular weight is 360 g/mol. The lowest BCUT2D eigenvalue weighted by Gasteiger charge is -2.06. The minimum absolute atomic E-state index is 0.0676. The van der Waals surface area contributed by atoms with E-state index in [9.17, 15) is 10.1 Å². The fourth-order valence-electron chi connectivity index (χ4n) is 2.79. The van der Waals surface area contributed by atoms with Crippen LogP contribution in [0.2, 0.25) is 0 Å². The Morgan fingerprint density at radius 3 is 2.63 bits per heavy atom. The zero-order valence-corrected chi connectivity index (χ0v) is 14.5. The summed E-state index contributed by atoms with van der Waals surface area (Å²) in [6, 6.07) is 16.4. The first-order valence-electron chi connectivity index (χ1n) is 8.28. The van der Waals surface area contributed by atoms with Crippen LogP contribution in [0.5, 0.6) is 0 Å². The number of nitro groups is 1. The van der Waals surface area contributed by atoms with Crippen LogP contribution in [-0.4, -0.2) is 24.9 Å². The van der Waals surface area contributed by atoms with Crippen LogP contribution < -0.4 is 5.32 Å². The monoisotopic (exact) mass is 360 g/mol. The minimum atomic E-state index is -0.406. The lowest BCUT2D eigenvalue weighted by Crippen LogP contribution is -1.95. The van der Waals surface area contributed by atoms with Crippen molar-refractivity contribution in [2.24, 2.45) is 0 Å². The normalized spacial score (nSPS) is 10.7. The lowest BCUT2D eigenvalue weighted by molar-refractivity contribution is -0.384. The zero-order valence-electron chi connectivity index (χ0n) is 14.5. The SMILES string of the molecule is Cc1cc([N+](=O)[O-])ccc1Nc1cc(-c2ccc(-n3cccn3)cc2)[nH]n1. The fraction of sp³-hybridized carbons (Fsp3) is 0.0526. The van der Waals surface area contributed by atoms with Gasteiger partial charge in [-0.2, -0.15) is 10.2 Å². The van der Waals surface area contributed by atoms with Gasteiger partial charge in [-0.25, -0.2) is 4.68 Å². The van der Waals surface area contributed by atoms with Crippen molar-refractivity contribution in [1.82, 2.24) is 20.0 Å². The molecule has 0 aliphatic rings. The van der Waals surface area contributed by atoms with Crippen molar-refractivity contribution >= 4 is 17.2 Å². The number of hydrogen-bond acceptors (Lipinski definition) is 5. The number of aromatic amines is 1. The molecule has 4 aromatic rings. The molecule has 134 valence electrons. The van der Waals surface area contributed by atoms with Gasteiger partial charge in [0.15, 0.2) is 5.82 Å². The Labute approximate surface area is 154 Å². The van der Waals surface area contributed by atoms with Gasteiger partial charge in [0, 0.05) is 36.3 Å². The molecule has 0 atom stereocenters. The fourth-order valence-corrected chi connectivity index (χ4v) is 2.79. The van der Waals surface area contributed by atoms with E-state index in [2.05, 4.69) is 20.6 Å². The molecular weight excluding hydrogens is 344 g/mol. The summed E-state index contributed by atoms with van der Waals surface area (Å²) in [7, 11) is 0. The number of aryl methyl sites for hydroxylation is 1. The summed E-state index contributed by atoms with van der Waals surface area (Å²) in [5.41, 5.74) is 4.45. The summed E-state index contributed by atoms with van der Waals surface area (Å²) < 4.78 is 1.79. The second-order valence-electron chi connectivity index (χ2n) is 6.05. The highest BCUT2D eigenvalue weighted by Gasteiger charge is 2.10. The van der Waals surface area contributed by atoms with Gasteiger partial charge >= 0.3 is 0 Å². The Hall–Kier alpha value is -3.94.